The zero-order chi connectivity index (χ0) is 17.0. The Balaban J connectivity index is 2.07. The molecule has 2 aromatic carbocycles. The van der Waals surface area contributed by atoms with E-state index in [4.69, 9.17) is 16.0 Å². The molecule has 120 valence electrons. The van der Waals surface area contributed by atoms with Gasteiger partial charge in [0.05, 0.1) is 17.0 Å². The summed E-state index contributed by atoms with van der Waals surface area (Å²) in [4.78, 5) is 27.2. The summed E-state index contributed by atoms with van der Waals surface area (Å²) in [5.41, 5.74) is 2.22. The van der Waals surface area contributed by atoms with E-state index < -0.39 is 6.04 Å². The second-order valence-electron chi connectivity index (χ2n) is 6.00. The van der Waals surface area contributed by atoms with Gasteiger partial charge in [-0.2, -0.15) is 0 Å². The predicted molar refractivity (Wildman–Crippen MR) is 92.6 cm³/mol. The van der Waals surface area contributed by atoms with Gasteiger partial charge in [-0.15, -0.1) is 0 Å². The van der Waals surface area contributed by atoms with E-state index in [1.165, 1.54) is 4.90 Å². The van der Waals surface area contributed by atoms with Crippen LogP contribution in [0.4, 0.5) is 0 Å². The maximum absolute atomic E-state index is 13.1. The fraction of sp³-hybridized carbons (Fsp3) is 0.158. The molecule has 0 saturated carbocycles. The van der Waals surface area contributed by atoms with Crippen LogP contribution in [-0.2, 0) is 0 Å². The molecular formula is C19H14ClNO3. The molecule has 1 atom stereocenters. The number of carbonyl (C=O) groups is 1. The molecule has 0 spiro atoms. The zero-order valence-corrected chi connectivity index (χ0v) is 13.9. The quantitative estimate of drug-likeness (QED) is 0.675. The Labute approximate surface area is 143 Å². The van der Waals surface area contributed by atoms with Crippen LogP contribution < -0.4 is 5.43 Å². The summed E-state index contributed by atoms with van der Waals surface area (Å²) in [7, 11) is 1.68. The molecule has 1 aliphatic rings. The molecule has 5 heteroatoms. The van der Waals surface area contributed by atoms with Crippen molar-refractivity contribution in [2.75, 3.05) is 7.05 Å². The number of fused-ring (bicyclic) bond motifs is 2. The van der Waals surface area contributed by atoms with Crippen molar-refractivity contribution in [3.05, 3.63) is 80.2 Å². The fourth-order valence-corrected chi connectivity index (χ4v) is 3.40. The number of hydrogen-bond acceptors (Lipinski definition) is 3. The van der Waals surface area contributed by atoms with Gasteiger partial charge in [-0.05, 0) is 30.2 Å². The van der Waals surface area contributed by atoms with Gasteiger partial charge >= 0.3 is 0 Å². The van der Waals surface area contributed by atoms with E-state index in [0.29, 0.717) is 21.6 Å². The maximum Gasteiger partial charge on any atom is 0.290 e. The van der Waals surface area contributed by atoms with E-state index >= 15 is 0 Å². The molecule has 2 heterocycles. The monoisotopic (exact) mass is 339 g/mol. The maximum atomic E-state index is 13.1. The standard InChI is InChI=1S/C19H14ClNO3/c1-10-8-14-12(9-13(10)20)17(22)15-16(11-6-4-3-5-7-11)21(2)19(23)18(15)24-14/h3-9,16H,1-2H3. The Morgan fingerprint density at radius 3 is 2.54 bits per heavy atom. The summed E-state index contributed by atoms with van der Waals surface area (Å²) in [6.45, 7) is 1.83. The average Bonchev–Trinajstić information content (AvgIpc) is 2.83. The van der Waals surface area contributed by atoms with Crippen LogP contribution in [0.1, 0.15) is 33.3 Å². The Bertz CT molecular complexity index is 1040. The van der Waals surface area contributed by atoms with E-state index in [9.17, 15) is 9.59 Å². The first-order chi connectivity index (χ1) is 11.5. The van der Waals surface area contributed by atoms with Crippen molar-refractivity contribution in [1.29, 1.82) is 0 Å². The summed E-state index contributed by atoms with van der Waals surface area (Å²) >= 11 is 6.16. The van der Waals surface area contributed by atoms with Crippen LogP contribution >= 0.6 is 11.6 Å². The summed E-state index contributed by atoms with van der Waals surface area (Å²) < 4.78 is 5.81. The van der Waals surface area contributed by atoms with Gasteiger partial charge in [0.1, 0.15) is 5.58 Å². The highest BCUT2D eigenvalue weighted by Gasteiger charge is 2.40. The second kappa shape index (κ2) is 5.21. The van der Waals surface area contributed by atoms with Crippen LogP contribution in [0.5, 0.6) is 0 Å². The van der Waals surface area contributed by atoms with Crippen molar-refractivity contribution in [1.82, 2.24) is 4.90 Å². The number of benzene rings is 2. The summed E-state index contributed by atoms with van der Waals surface area (Å²) in [6, 6.07) is 12.3. The first-order valence-electron chi connectivity index (χ1n) is 7.58. The lowest BCUT2D eigenvalue weighted by Crippen LogP contribution is -2.25. The third kappa shape index (κ3) is 2.00. The van der Waals surface area contributed by atoms with E-state index in [0.717, 1.165) is 11.1 Å². The molecular weight excluding hydrogens is 326 g/mol. The number of nitrogens with zero attached hydrogens (tertiary/aromatic N) is 1. The fourth-order valence-electron chi connectivity index (χ4n) is 3.23. The van der Waals surface area contributed by atoms with Gasteiger partial charge in [-0.25, -0.2) is 0 Å². The van der Waals surface area contributed by atoms with E-state index in [-0.39, 0.29) is 17.1 Å². The minimum Gasteiger partial charge on any atom is -0.450 e. The molecule has 4 rings (SSSR count). The Morgan fingerprint density at radius 1 is 1.12 bits per heavy atom. The molecule has 0 radical (unpaired) electrons. The van der Waals surface area contributed by atoms with Crippen LogP contribution in [0.3, 0.4) is 0 Å². The Hall–Kier alpha value is -2.59. The minimum absolute atomic E-state index is 0.116. The van der Waals surface area contributed by atoms with Crippen molar-refractivity contribution >= 4 is 28.5 Å². The number of rotatable bonds is 1. The van der Waals surface area contributed by atoms with Gasteiger partial charge < -0.3 is 9.32 Å². The number of hydrogen-bond donors (Lipinski definition) is 0. The number of amides is 1. The van der Waals surface area contributed by atoms with Crippen molar-refractivity contribution < 1.29 is 9.21 Å². The average molecular weight is 340 g/mol. The van der Waals surface area contributed by atoms with Crippen molar-refractivity contribution in [3.8, 4) is 0 Å². The highest BCUT2D eigenvalue weighted by molar-refractivity contribution is 6.32. The molecule has 4 nitrogen and oxygen atoms in total. The van der Waals surface area contributed by atoms with E-state index in [2.05, 4.69) is 0 Å². The molecule has 3 aromatic rings. The molecule has 1 aromatic heterocycles. The van der Waals surface area contributed by atoms with Crippen LogP contribution in [0.25, 0.3) is 11.0 Å². The van der Waals surface area contributed by atoms with Gasteiger partial charge in [-0.3, -0.25) is 9.59 Å². The molecule has 0 saturated heterocycles. The first kappa shape index (κ1) is 15.0. The molecule has 24 heavy (non-hydrogen) atoms. The molecule has 0 bridgehead atoms. The van der Waals surface area contributed by atoms with Gasteiger partial charge in [0.2, 0.25) is 5.76 Å². The van der Waals surface area contributed by atoms with Crippen molar-refractivity contribution in [2.45, 2.75) is 13.0 Å². The van der Waals surface area contributed by atoms with Crippen LogP contribution in [0, 0.1) is 6.92 Å². The van der Waals surface area contributed by atoms with Gasteiger partial charge in [-0.1, -0.05) is 41.9 Å². The highest BCUT2D eigenvalue weighted by atomic mass is 35.5. The first-order valence-corrected chi connectivity index (χ1v) is 7.96. The van der Waals surface area contributed by atoms with Crippen LogP contribution in [0.15, 0.2) is 51.7 Å². The Morgan fingerprint density at radius 2 is 1.83 bits per heavy atom. The molecule has 0 aliphatic carbocycles. The van der Waals surface area contributed by atoms with Crippen LogP contribution in [-0.4, -0.2) is 17.9 Å². The second-order valence-corrected chi connectivity index (χ2v) is 6.41. The molecule has 0 fully saturated rings. The third-order valence-corrected chi connectivity index (χ3v) is 4.90. The Kier molecular flexibility index (Phi) is 3.25. The predicted octanol–water partition coefficient (Wildman–Crippen LogP) is 3.93. The molecule has 1 amide bonds. The van der Waals surface area contributed by atoms with Crippen molar-refractivity contribution in [2.24, 2.45) is 0 Å². The van der Waals surface area contributed by atoms with E-state index in [1.807, 2.05) is 37.3 Å². The summed E-state index contributed by atoms with van der Waals surface area (Å²) in [5, 5.41) is 0.900. The normalized spacial score (nSPS) is 16.7. The topological polar surface area (TPSA) is 50.5 Å². The molecule has 1 aliphatic heterocycles. The SMILES string of the molecule is Cc1cc2oc3c(c(=O)c2cc1Cl)C(c1ccccc1)N(C)C3=O. The lowest BCUT2D eigenvalue weighted by Gasteiger charge is -2.20. The zero-order valence-electron chi connectivity index (χ0n) is 13.2. The highest BCUT2D eigenvalue weighted by Crippen LogP contribution is 2.37. The number of halogens is 1. The van der Waals surface area contributed by atoms with E-state index in [1.54, 1.807) is 19.2 Å². The van der Waals surface area contributed by atoms with Crippen LogP contribution in [0.2, 0.25) is 5.02 Å². The largest absolute Gasteiger partial charge is 0.450 e. The number of carbonyl (C=O) groups excluding carboxylic acids is 1. The van der Waals surface area contributed by atoms with Gasteiger partial charge in [0, 0.05) is 12.1 Å². The van der Waals surface area contributed by atoms with Gasteiger partial charge in [0.15, 0.2) is 5.43 Å². The lowest BCUT2D eigenvalue weighted by atomic mass is 9.98. The van der Waals surface area contributed by atoms with Crippen molar-refractivity contribution in [3.63, 3.8) is 0 Å². The lowest BCUT2D eigenvalue weighted by molar-refractivity contribution is 0.0771. The van der Waals surface area contributed by atoms with Gasteiger partial charge in [0.25, 0.3) is 5.91 Å². The minimum atomic E-state index is -0.450. The third-order valence-electron chi connectivity index (χ3n) is 4.50. The molecule has 1 unspecified atom stereocenters. The summed E-state index contributed by atoms with van der Waals surface area (Å²) in [6.07, 6.45) is 0. The number of aryl methyl sites for hydroxylation is 1. The molecule has 0 N–H and O–H groups in total. The summed E-state index contributed by atoms with van der Waals surface area (Å²) in [5.74, 6) is -0.170. The smallest absolute Gasteiger partial charge is 0.290 e.